The predicted octanol–water partition coefficient (Wildman–Crippen LogP) is 0.301. The molecule has 0 saturated carbocycles. The van der Waals surface area contributed by atoms with Crippen LogP contribution in [-0.2, 0) is 9.59 Å². The van der Waals surface area contributed by atoms with E-state index in [9.17, 15) is 9.59 Å². The smallest absolute Gasteiger partial charge is 0.303 e. The first-order valence-corrected chi connectivity index (χ1v) is 5.44. The van der Waals surface area contributed by atoms with Gasteiger partial charge in [0.25, 0.3) is 0 Å². The van der Waals surface area contributed by atoms with Crippen molar-refractivity contribution in [3.63, 3.8) is 0 Å². The molecule has 0 radical (unpaired) electrons. The van der Waals surface area contributed by atoms with E-state index in [1.54, 1.807) is 0 Å². The standard InChI is InChI=1S/C10H18N2O4.2ClH/c13-9(14)5-8(6-10(15)16)7-12-3-1-11-2-4-12;;/h8,11H,1-7H2,(H,13,14)(H,15,16);2*1H. The number of piperazine rings is 1. The minimum absolute atomic E-state index is 0. The third-order valence-electron chi connectivity index (χ3n) is 2.65. The van der Waals surface area contributed by atoms with Crippen LogP contribution >= 0.6 is 24.8 Å². The Bertz CT molecular complexity index is 244. The third-order valence-corrected chi connectivity index (χ3v) is 2.65. The van der Waals surface area contributed by atoms with Crippen LogP contribution in [-0.4, -0.2) is 59.8 Å². The number of halogens is 2. The molecule has 0 unspecified atom stereocenters. The molecule has 0 bridgehead atoms. The molecule has 8 heteroatoms. The average Bonchev–Trinajstić information content (AvgIpc) is 2.16. The number of hydrogen-bond acceptors (Lipinski definition) is 4. The summed E-state index contributed by atoms with van der Waals surface area (Å²) in [7, 11) is 0. The summed E-state index contributed by atoms with van der Waals surface area (Å²) in [6.45, 7) is 4.03. The Balaban J connectivity index is 0. The Hall–Kier alpha value is -0.560. The van der Waals surface area contributed by atoms with Gasteiger partial charge in [0.15, 0.2) is 0 Å². The third kappa shape index (κ3) is 8.52. The Labute approximate surface area is 119 Å². The van der Waals surface area contributed by atoms with Gasteiger partial charge < -0.3 is 20.4 Å². The molecule has 0 aromatic heterocycles. The van der Waals surface area contributed by atoms with Crippen molar-refractivity contribution < 1.29 is 19.8 Å². The monoisotopic (exact) mass is 302 g/mol. The first-order valence-electron chi connectivity index (χ1n) is 5.44. The summed E-state index contributed by atoms with van der Waals surface area (Å²) >= 11 is 0. The molecule has 0 spiro atoms. The van der Waals surface area contributed by atoms with E-state index in [0.717, 1.165) is 26.2 Å². The molecule has 0 atom stereocenters. The van der Waals surface area contributed by atoms with Gasteiger partial charge in [-0.1, -0.05) is 0 Å². The number of carbonyl (C=O) groups is 2. The zero-order chi connectivity index (χ0) is 12.0. The highest BCUT2D eigenvalue weighted by Crippen LogP contribution is 2.11. The fourth-order valence-electron chi connectivity index (χ4n) is 1.95. The highest BCUT2D eigenvalue weighted by molar-refractivity contribution is 5.85. The van der Waals surface area contributed by atoms with Crippen LogP contribution in [0.3, 0.4) is 0 Å². The van der Waals surface area contributed by atoms with Gasteiger partial charge in [0, 0.05) is 45.6 Å². The van der Waals surface area contributed by atoms with Crippen LogP contribution in [0.4, 0.5) is 0 Å². The van der Waals surface area contributed by atoms with E-state index in [2.05, 4.69) is 10.2 Å². The second-order valence-electron chi connectivity index (χ2n) is 4.11. The quantitative estimate of drug-likeness (QED) is 0.654. The summed E-state index contributed by atoms with van der Waals surface area (Å²) in [5.74, 6) is -2.16. The van der Waals surface area contributed by atoms with Crippen LogP contribution in [0.25, 0.3) is 0 Å². The average molecular weight is 303 g/mol. The van der Waals surface area contributed by atoms with E-state index in [4.69, 9.17) is 10.2 Å². The summed E-state index contributed by atoms with van der Waals surface area (Å²) < 4.78 is 0. The highest BCUT2D eigenvalue weighted by atomic mass is 35.5. The molecule has 1 rings (SSSR count). The van der Waals surface area contributed by atoms with E-state index < -0.39 is 11.9 Å². The summed E-state index contributed by atoms with van der Waals surface area (Å²) in [6.07, 6.45) is -0.146. The Morgan fingerprint density at radius 2 is 1.50 bits per heavy atom. The van der Waals surface area contributed by atoms with Crippen molar-refractivity contribution >= 4 is 36.8 Å². The van der Waals surface area contributed by atoms with Crippen LogP contribution < -0.4 is 5.32 Å². The minimum Gasteiger partial charge on any atom is -0.481 e. The van der Waals surface area contributed by atoms with Gasteiger partial charge in [0.1, 0.15) is 0 Å². The maximum atomic E-state index is 10.6. The van der Waals surface area contributed by atoms with E-state index in [-0.39, 0.29) is 43.6 Å². The zero-order valence-electron chi connectivity index (χ0n) is 10.0. The lowest BCUT2D eigenvalue weighted by Crippen LogP contribution is -2.45. The second-order valence-corrected chi connectivity index (χ2v) is 4.11. The number of nitrogens with one attached hydrogen (secondary N) is 1. The Morgan fingerprint density at radius 1 is 1.06 bits per heavy atom. The number of carboxylic acids is 2. The van der Waals surface area contributed by atoms with E-state index in [0.29, 0.717) is 6.54 Å². The van der Waals surface area contributed by atoms with Gasteiger partial charge in [-0.2, -0.15) is 0 Å². The molecule has 18 heavy (non-hydrogen) atoms. The molecule has 0 aliphatic carbocycles. The summed E-state index contributed by atoms with van der Waals surface area (Å²) in [5, 5.41) is 20.6. The summed E-state index contributed by atoms with van der Waals surface area (Å²) in [4.78, 5) is 23.3. The molecule has 0 aromatic rings. The number of aliphatic carboxylic acids is 2. The van der Waals surface area contributed by atoms with Crippen LogP contribution in [0.5, 0.6) is 0 Å². The number of rotatable bonds is 6. The minimum atomic E-state index is -0.929. The highest BCUT2D eigenvalue weighted by Gasteiger charge is 2.21. The topological polar surface area (TPSA) is 89.9 Å². The molecule has 108 valence electrons. The van der Waals surface area contributed by atoms with Crippen molar-refractivity contribution in [2.45, 2.75) is 12.8 Å². The maximum absolute atomic E-state index is 10.6. The van der Waals surface area contributed by atoms with Crippen molar-refractivity contribution in [3.05, 3.63) is 0 Å². The molecule has 1 fully saturated rings. The van der Waals surface area contributed by atoms with Gasteiger partial charge in [-0.3, -0.25) is 9.59 Å². The summed E-state index contributed by atoms with van der Waals surface area (Å²) in [6, 6.07) is 0. The molecule has 1 aliphatic rings. The van der Waals surface area contributed by atoms with Crippen molar-refractivity contribution in [3.8, 4) is 0 Å². The van der Waals surface area contributed by atoms with E-state index in [1.807, 2.05) is 0 Å². The number of nitrogens with zero attached hydrogens (tertiary/aromatic N) is 1. The van der Waals surface area contributed by atoms with E-state index in [1.165, 1.54) is 0 Å². The molecule has 0 amide bonds. The van der Waals surface area contributed by atoms with Crippen LogP contribution in [0.1, 0.15) is 12.8 Å². The fourth-order valence-corrected chi connectivity index (χ4v) is 1.95. The Morgan fingerprint density at radius 3 is 1.89 bits per heavy atom. The molecular formula is C10H20Cl2N2O4. The first-order chi connectivity index (χ1) is 7.58. The number of hydrogen-bond donors (Lipinski definition) is 3. The first kappa shape index (κ1) is 19.8. The summed E-state index contributed by atoms with van der Waals surface area (Å²) in [5.41, 5.74) is 0. The van der Waals surface area contributed by atoms with Gasteiger partial charge in [0.05, 0.1) is 0 Å². The van der Waals surface area contributed by atoms with Crippen LogP contribution in [0.2, 0.25) is 0 Å². The van der Waals surface area contributed by atoms with Gasteiger partial charge in [-0.05, 0) is 5.92 Å². The maximum Gasteiger partial charge on any atom is 0.303 e. The molecule has 1 heterocycles. The molecule has 6 nitrogen and oxygen atoms in total. The lowest BCUT2D eigenvalue weighted by atomic mass is 10.0. The SMILES string of the molecule is Cl.Cl.O=C(O)CC(CC(=O)O)CN1CCNCC1. The zero-order valence-corrected chi connectivity index (χ0v) is 11.6. The predicted molar refractivity (Wildman–Crippen MR) is 71.8 cm³/mol. The van der Waals surface area contributed by atoms with Gasteiger partial charge >= 0.3 is 11.9 Å². The van der Waals surface area contributed by atoms with Crippen molar-refractivity contribution in [1.82, 2.24) is 10.2 Å². The van der Waals surface area contributed by atoms with Crippen LogP contribution in [0, 0.1) is 5.92 Å². The van der Waals surface area contributed by atoms with Crippen molar-refractivity contribution in [2.75, 3.05) is 32.7 Å². The molecular weight excluding hydrogens is 283 g/mol. The molecule has 1 aliphatic heterocycles. The van der Waals surface area contributed by atoms with Crippen molar-refractivity contribution in [1.29, 1.82) is 0 Å². The molecule has 3 N–H and O–H groups in total. The van der Waals surface area contributed by atoms with Gasteiger partial charge in [-0.25, -0.2) is 0 Å². The fraction of sp³-hybridized carbons (Fsp3) is 0.800. The number of carboxylic acid groups (broad SMARTS) is 2. The van der Waals surface area contributed by atoms with E-state index >= 15 is 0 Å². The Kier molecular flexibility index (Phi) is 11.4. The largest absolute Gasteiger partial charge is 0.481 e. The second kappa shape index (κ2) is 10.4. The molecule has 1 saturated heterocycles. The normalized spacial score (nSPS) is 15.6. The van der Waals surface area contributed by atoms with Gasteiger partial charge in [-0.15, -0.1) is 24.8 Å². The lowest BCUT2D eigenvalue weighted by molar-refractivity contribution is -0.140. The van der Waals surface area contributed by atoms with Crippen LogP contribution in [0.15, 0.2) is 0 Å². The lowest BCUT2D eigenvalue weighted by Gasteiger charge is -2.29. The van der Waals surface area contributed by atoms with Gasteiger partial charge in [0.2, 0.25) is 0 Å². The van der Waals surface area contributed by atoms with Crippen molar-refractivity contribution in [2.24, 2.45) is 5.92 Å². The molecule has 0 aromatic carbocycles.